The zero-order valence-electron chi connectivity index (χ0n) is 12.5. The van der Waals surface area contributed by atoms with Crippen LogP contribution in [-0.4, -0.2) is 27.9 Å². The highest BCUT2D eigenvalue weighted by Crippen LogP contribution is 2.23. The fourth-order valence-electron chi connectivity index (χ4n) is 2.30. The topological polar surface area (TPSA) is 42.7 Å². The van der Waals surface area contributed by atoms with E-state index in [0.717, 1.165) is 24.2 Å². The van der Waals surface area contributed by atoms with Crippen LogP contribution in [0.5, 0.6) is 0 Å². The molecule has 0 saturated carbocycles. The van der Waals surface area contributed by atoms with Crippen molar-refractivity contribution in [2.24, 2.45) is 0 Å². The standard InChI is InChI=1S/C15H20Cl2N4/c1-10(2)21-15(19-9-20-21)8-12(18-3)6-11-4-5-13(16)14(17)7-11/h4-5,7,9-10,12,18H,6,8H2,1-3H3. The first-order chi connectivity index (χ1) is 10.0. The van der Waals surface area contributed by atoms with E-state index >= 15 is 0 Å². The van der Waals surface area contributed by atoms with E-state index in [1.807, 2.05) is 29.9 Å². The van der Waals surface area contributed by atoms with Crippen LogP contribution in [0.25, 0.3) is 0 Å². The lowest BCUT2D eigenvalue weighted by Gasteiger charge is -2.17. The molecule has 21 heavy (non-hydrogen) atoms. The predicted octanol–water partition coefficient (Wildman–Crippen LogP) is 3.54. The number of likely N-dealkylation sites (N-methyl/N-ethyl adjacent to an activating group) is 1. The summed E-state index contributed by atoms with van der Waals surface area (Å²) in [5.41, 5.74) is 1.15. The van der Waals surface area contributed by atoms with E-state index in [-0.39, 0.29) is 6.04 Å². The fourth-order valence-corrected chi connectivity index (χ4v) is 2.62. The maximum absolute atomic E-state index is 6.07. The number of benzene rings is 1. The van der Waals surface area contributed by atoms with Crippen LogP contribution in [-0.2, 0) is 12.8 Å². The molecular formula is C15H20Cl2N4. The first-order valence-electron chi connectivity index (χ1n) is 7.00. The Morgan fingerprint density at radius 1 is 1.19 bits per heavy atom. The molecular weight excluding hydrogens is 307 g/mol. The summed E-state index contributed by atoms with van der Waals surface area (Å²) in [5.74, 6) is 0.990. The Labute approximate surface area is 135 Å². The van der Waals surface area contributed by atoms with Crippen LogP contribution in [0, 0.1) is 0 Å². The Bertz CT molecular complexity index is 595. The van der Waals surface area contributed by atoms with Gasteiger partial charge in [-0.25, -0.2) is 9.67 Å². The van der Waals surface area contributed by atoms with E-state index in [4.69, 9.17) is 23.2 Å². The number of hydrogen-bond donors (Lipinski definition) is 1. The van der Waals surface area contributed by atoms with Crippen LogP contribution in [0.1, 0.15) is 31.3 Å². The molecule has 0 spiro atoms. The second-order valence-electron chi connectivity index (χ2n) is 5.36. The van der Waals surface area contributed by atoms with Crippen molar-refractivity contribution in [3.8, 4) is 0 Å². The van der Waals surface area contributed by atoms with E-state index < -0.39 is 0 Å². The van der Waals surface area contributed by atoms with Crippen molar-refractivity contribution in [2.45, 2.75) is 38.8 Å². The molecule has 1 unspecified atom stereocenters. The second-order valence-corrected chi connectivity index (χ2v) is 6.17. The lowest BCUT2D eigenvalue weighted by molar-refractivity contribution is 0.470. The molecule has 1 atom stereocenters. The zero-order chi connectivity index (χ0) is 15.4. The molecule has 4 nitrogen and oxygen atoms in total. The van der Waals surface area contributed by atoms with Crippen LogP contribution in [0.4, 0.5) is 0 Å². The van der Waals surface area contributed by atoms with Crippen LogP contribution in [0.3, 0.4) is 0 Å². The van der Waals surface area contributed by atoms with Gasteiger partial charge in [-0.3, -0.25) is 0 Å². The number of nitrogens with zero attached hydrogens (tertiary/aromatic N) is 3. The molecule has 0 aliphatic rings. The van der Waals surface area contributed by atoms with Gasteiger partial charge >= 0.3 is 0 Å². The van der Waals surface area contributed by atoms with Gasteiger partial charge in [0.05, 0.1) is 10.0 Å². The number of hydrogen-bond acceptors (Lipinski definition) is 3. The summed E-state index contributed by atoms with van der Waals surface area (Å²) in [6, 6.07) is 6.34. The van der Waals surface area contributed by atoms with Gasteiger partial charge in [-0.2, -0.15) is 5.10 Å². The molecule has 0 amide bonds. The number of aromatic nitrogens is 3. The molecule has 0 aliphatic carbocycles. The fraction of sp³-hybridized carbons (Fsp3) is 0.467. The molecule has 114 valence electrons. The highest BCUT2D eigenvalue weighted by atomic mass is 35.5. The molecule has 1 aromatic heterocycles. The van der Waals surface area contributed by atoms with Gasteiger partial charge in [0.15, 0.2) is 0 Å². The van der Waals surface area contributed by atoms with Crippen LogP contribution in [0.2, 0.25) is 10.0 Å². The van der Waals surface area contributed by atoms with E-state index in [1.165, 1.54) is 0 Å². The maximum atomic E-state index is 6.07. The van der Waals surface area contributed by atoms with Crippen LogP contribution < -0.4 is 5.32 Å². The first-order valence-corrected chi connectivity index (χ1v) is 7.76. The van der Waals surface area contributed by atoms with Gasteiger partial charge in [-0.15, -0.1) is 0 Å². The zero-order valence-corrected chi connectivity index (χ0v) is 14.0. The monoisotopic (exact) mass is 326 g/mol. The van der Waals surface area contributed by atoms with Gasteiger partial charge in [0.25, 0.3) is 0 Å². The Hall–Kier alpha value is -1.10. The van der Waals surface area contributed by atoms with E-state index in [2.05, 4.69) is 29.2 Å². The smallest absolute Gasteiger partial charge is 0.138 e. The van der Waals surface area contributed by atoms with Crippen molar-refractivity contribution in [1.29, 1.82) is 0 Å². The van der Waals surface area contributed by atoms with Crippen LogP contribution >= 0.6 is 23.2 Å². The molecule has 1 aromatic carbocycles. The van der Waals surface area contributed by atoms with Crippen LogP contribution in [0.15, 0.2) is 24.5 Å². The van der Waals surface area contributed by atoms with Crippen molar-refractivity contribution in [3.63, 3.8) is 0 Å². The third-order valence-electron chi connectivity index (χ3n) is 3.44. The number of halogens is 2. The van der Waals surface area contributed by atoms with Gasteiger partial charge in [0, 0.05) is 18.5 Å². The summed E-state index contributed by atoms with van der Waals surface area (Å²) in [5, 5.41) is 8.78. The largest absolute Gasteiger partial charge is 0.316 e. The van der Waals surface area contributed by atoms with E-state index in [0.29, 0.717) is 16.1 Å². The molecule has 0 bridgehead atoms. The number of rotatable bonds is 6. The van der Waals surface area contributed by atoms with Gasteiger partial charge in [0.2, 0.25) is 0 Å². The first kappa shape index (κ1) is 16.3. The predicted molar refractivity (Wildman–Crippen MR) is 87.1 cm³/mol. The molecule has 1 heterocycles. The van der Waals surface area contributed by atoms with Crippen molar-refractivity contribution >= 4 is 23.2 Å². The van der Waals surface area contributed by atoms with E-state index in [1.54, 1.807) is 6.33 Å². The molecule has 0 radical (unpaired) electrons. The Balaban J connectivity index is 2.09. The van der Waals surface area contributed by atoms with Crippen molar-refractivity contribution in [1.82, 2.24) is 20.1 Å². The Kier molecular flexibility index (Phi) is 5.62. The lowest BCUT2D eigenvalue weighted by Crippen LogP contribution is -2.31. The number of nitrogens with one attached hydrogen (secondary N) is 1. The normalized spacial score (nSPS) is 12.9. The van der Waals surface area contributed by atoms with Gasteiger partial charge < -0.3 is 5.32 Å². The summed E-state index contributed by atoms with van der Waals surface area (Å²) < 4.78 is 1.96. The highest BCUT2D eigenvalue weighted by molar-refractivity contribution is 6.42. The van der Waals surface area contributed by atoms with Crippen molar-refractivity contribution < 1.29 is 0 Å². The maximum Gasteiger partial charge on any atom is 0.138 e. The minimum atomic E-state index is 0.268. The van der Waals surface area contributed by atoms with Gasteiger partial charge in [0.1, 0.15) is 12.2 Å². The third-order valence-corrected chi connectivity index (χ3v) is 4.18. The van der Waals surface area contributed by atoms with Gasteiger partial charge in [-0.05, 0) is 45.0 Å². The quantitative estimate of drug-likeness (QED) is 0.882. The van der Waals surface area contributed by atoms with Crippen molar-refractivity contribution in [3.05, 3.63) is 46.0 Å². The summed E-state index contributed by atoms with van der Waals surface area (Å²) in [6.07, 6.45) is 3.29. The molecule has 2 rings (SSSR count). The second kappa shape index (κ2) is 7.25. The van der Waals surface area contributed by atoms with E-state index in [9.17, 15) is 0 Å². The molecule has 0 aliphatic heterocycles. The molecule has 0 fully saturated rings. The molecule has 6 heteroatoms. The summed E-state index contributed by atoms with van der Waals surface area (Å²) in [4.78, 5) is 4.36. The Morgan fingerprint density at radius 3 is 2.57 bits per heavy atom. The molecule has 1 N–H and O–H groups in total. The van der Waals surface area contributed by atoms with Gasteiger partial charge in [-0.1, -0.05) is 29.3 Å². The third kappa shape index (κ3) is 4.19. The summed E-state index contributed by atoms with van der Waals surface area (Å²) in [6.45, 7) is 4.21. The van der Waals surface area contributed by atoms with Crippen molar-refractivity contribution in [2.75, 3.05) is 7.05 Å². The summed E-state index contributed by atoms with van der Waals surface area (Å²) >= 11 is 12.0. The SMILES string of the molecule is CNC(Cc1ccc(Cl)c(Cl)c1)Cc1ncnn1C(C)C. The molecule has 0 saturated heterocycles. The lowest BCUT2D eigenvalue weighted by atomic mass is 10.0. The minimum Gasteiger partial charge on any atom is -0.316 e. The Morgan fingerprint density at radius 2 is 1.95 bits per heavy atom. The average molecular weight is 327 g/mol. The highest BCUT2D eigenvalue weighted by Gasteiger charge is 2.15. The molecule has 2 aromatic rings. The summed E-state index contributed by atoms with van der Waals surface area (Å²) in [7, 11) is 1.96. The average Bonchev–Trinajstić information content (AvgIpc) is 2.90. The minimum absolute atomic E-state index is 0.268.